The third kappa shape index (κ3) is 4.06. The minimum atomic E-state index is -1.24. The Kier molecular flexibility index (Phi) is 6.11. The summed E-state index contributed by atoms with van der Waals surface area (Å²) in [6.45, 7) is 9.14. The number of nitrogens with one attached hydrogen (secondary N) is 1. The van der Waals surface area contributed by atoms with Gasteiger partial charge in [0.2, 0.25) is 5.95 Å². The number of aromatic amines is 1. The van der Waals surface area contributed by atoms with Crippen LogP contribution in [0.1, 0.15) is 68.5 Å². The monoisotopic (exact) mass is 454 g/mol. The number of aromatic hydroxyl groups is 1. The molecule has 0 aliphatic carbocycles. The zero-order valence-electron chi connectivity index (χ0n) is 19.3. The number of hydrogen-bond acceptors (Lipinski definition) is 7. The summed E-state index contributed by atoms with van der Waals surface area (Å²) in [4.78, 5) is 23.1. The van der Waals surface area contributed by atoms with E-state index in [1.165, 1.54) is 12.1 Å². The fourth-order valence-corrected chi connectivity index (χ4v) is 4.40. The number of H-pyrrole nitrogens is 1. The molecule has 1 fully saturated rings. The lowest BCUT2D eigenvalue weighted by Crippen LogP contribution is -2.37. The Morgan fingerprint density at radius 2 is 2.06 bits per heavy atom. The quantitative estimate of drug-likeness (QED) is 0.449. The second-order valence-electron chi connectivity index (χ2n) is 8.98. The molecule has 176 valence electrons. The minimum absolute atomic E-state index is 0.0329. The van der Waals surface area contributed by atoms with Gasteiger partial charge in [0.05, 0.1) is 29.5 Å². The number of benzene rings is 1. The molecular formula is C23H30N6O4. The largest absolute Gasteiger partial charge is 0.507 e. The van der Waals surface area contributed by atoms with Crippen molar-refractivity contribution >= 4 is 28.6 Å². The number of aromatic nitrogens is 4. The van der Waals surface area contributed by atoms with E-state index >= 15 is 0 Å². The number of aliphatic hydroxyl groups is 1. The highest BCUT2D eigenvalue weighted by molar-refractivity contribution is 5.91. The fraction of sp³-hybridized carbons (Fsp3) is 0.478. The molecule has 10 heteroatoms. The SMILES string of the molecule is CC(C)c1[nH]nc2c(=Nc3ccc(O)c(C(=O)O)c3)nc(N3CCCC3CO)n(C(C)C)c12. The summed E-state index contributed by atoms with van der Waals surface area (Å²) in [5.41, 5.74) is 2.90. The molecule has 3 heterocycles. The Labute approximate surface area is 191 Å². The Balaban J connectivity index is 2.05. The van der Waals surface area contributed by atoms with Gasteiger partial charge in [0.25, 0.3) is 0 Å². The van der Waals surface area contributed by atoms with E-state index in [4.69, 9.17) is 4.98 Å². The number of anilines is 1. The first-order valence-electron chi connectivity index (χ1n) is 11.2. The molecule has 1 aromatic carbocycles. The van der Waals surface area contributed by atoms with Gasteiger partial charge in [0.1, 0.15) is 11.3 Å². The van der Waals surface area contributed by atoms with E-state index in [0.29, 0.717) is 22.6 Å². The van der Waals surface area contributed by atoms with Crippen LogP contribution in [0.2, 0.25) is 0 Å². The molecule has 3 aromatic rings. The summed E-state index contributed by atoms with van der Waals surface area (Å²) < 4.78 is 2.14. The number of aromatic carboxylic acids is 1. The lowest BCUT2D eigenvalue weighted by molar-refractivity contribution is 0.0693. The Morgan fingerprint density at radius 1 is 1.30 bits per heavy atom. The summed E-state index contributed by atoms with van der Waals surface area (Å²) in [7, 11) is 0. The molecule has 0 saturated carbocycles. The van der Waals surface area contributed by atoms with Crippen LogP contribution in [0.4, 0.5) is 11.6 Å². The number of phenols is 1. The van der Waals surface area contributed by atoms with Crippen molar-refractivity contribution in [1.29, 1.82) is 0 Å². The standard InChI is InChI=1S/C23H30N6O4/c1-12(2)18-20-19(27-26-18)21(24-14-7-8-17(31)16(10-14)22(32)33)25-23(29(20)13(3)4)28-9-5-6-15(28)11-30/h7-8,10,12-13,15,30-31H,5-6,9,11H2,1-4H3,(H,26,27)(H,32,33). The maximum absolute atomic E-state index is 11.5. The molecule has 10 nitrogen and oxygen atoms in total. The van der Waals surface area contributed by atoms with Crippen molar-refractivity contribution in [3.8, 4) is 5.75 Å². The van der Waals surface area contributed by atoms with Gasteiger partial charge in [-0.1, -0.05) is 13.8 Å². The average Bonchev–Trinajstić information content (AvgIpc) is 3.41. The van der Waals surface area contributed by atoms with Gasteiger partial charge in [-0.2, -0.15) is 10.1 Å². The lowest BCUT2D eigenvalue weighted by atomic mass is 10.1. The highest BCUT2D eigenvalue weighted by Crippen LogP contribution is 2.31. The maximum Gasteiger partial charge on any atom is 0.339 e. The summed E-state index contributed by atoms with van der Waals surface area (Å²) >= 11 is 0. The second kappa shape index (κ2) is 8.86. The van der Waals surface area contributed by atoms with E-state index in [-0.39, 0.29) is 35.9 Å². The number of rotatable bonds is 6. The molecule has 1 atom stereocenters. The number of aliphatic hydroxyl groups excluding tert-OH is 1. The van der Waals surface area contributed by atoms with E-state index in [1.54, 1.807) is 6.07 Å². The molecule has 4 rings (SSSR count). The highest BCUT2D eigenvalue weighted by atomic mass is 16.4. The van der Waals surface area contributed by atoms with Gasteiger partial charge in [-0.15, -0.1) is 0 Å². The molecule has 1 aliphatic rings. The van der Waals surface area contributed by atoms with Crippen molar-refractivity contribution in [3.63, 3.8) is 0 Å². The minimum Gasteiger partial charge on any atom is -0.507 e. The van der Waals surface area contributed by atoms with Crippen LogP contribution in [-0.4, -0.2) is 60.2 Å². The van der Waals surface area contributed by atoms with Gasteiger partial charge in [-0.3, -0.25) is 5.10 Å². The van der Waals surface area contributed by atoms with Crippen LogP contribution >= 0.6 is 0 Å². The second-order valence-corrected chi connectivity index (χ2v) is 8.98. The molecule has 1 saturated heterocycles. The molecule has 33 heavy (non-hydrogen) atoms. The van der Waals surface area contributed by atoms with Crippen LogP contribution in [0.15, 0.2) is 23.2 Å². The molecule has 0 amide bonds. The van der Waals surface area contributed by atoms with E-state index in [1.807, 2.05) is 0 Å². The lowest BCUT2D eigenvalue weighted by Gasteiger charge is -2.29. The normalized spacial score (nSPS) is 17.1. The predicted molar refractivity (Wildman–Crippen MR) is 124 cm³/mol. The third-order valence-corrected chi connectivity index (χ3v) is 6.03. The van der Waals surface area contributed by atoms with Crippen LogP contribution < -0.4 is 10.4 Å². The number of nitrogens with zero attached hydrogens (tertiary/aromatic N) is 5. The smallest absolute Gasteiger partial charge is 0.339 e. The van der Waals surface area contributed by atoms with Crippen molar-refractivity contribution in [1.82, 2.24) is 19.7 Å². The molecule has 1 aliphatic heterocycles. The van der Waals surface area contributed by atoms with E-state index in [9.17, 15) is 20.1 Å². The predicted octanol–water partition coefficient (Wildman–Crippen LogP) is 3.06. The van der Waals surface area contributed by atoms with Gasteiger partial charge in [-0.05, 0) is 50.8 Å². The first-order chi connectivity index (χ1) is 15.7. The summed E-state index contributed by atoms with van der Waals surface area (Å²) in [5, 5.41) is 36.9. The van der Waals surface area contributed by atoms with Crippen LogP contribution in [-0.2, 0) is 0 Å². The number of hydrogen-bond donors (Lipinski definition) is 4. The van der Waals surface area contributed by atoms with Crippen LogP contribution in [0.25, 0.3) is 11.0 Å². The Hall–Kier alpha value is -3.40. The summed E-state index contributed by atoms with van der Waals surface area (Å²) in [5.74, 6) is -0.689. The van der Waals surface area contributed by atoms with Crippen LogP contribution in [0.3, 0.4) is 0 Å². The summed E-state index contributed by atoms with van der Waals surface area (Å²) in [6, 6.07) is 4.21. The summed E-state index contributed by atoms with van der Waals surface area (Å²) in [6.07, 6.45) is 1.83. The van der Waals surface area contributed by atoms with E-state index in [2.05, 4.69) is 52.4 Å². The van der Waals surface area contributed by atoms with Gasteiger partial charge in [-0.25, -0.2) is 9.79 Å². The topological polar surface area (TPSA) is 140 Å². The van der Waals surface area contributed by atoms with Crippen molar-refractivity contribution < 1.29 is 20.1 Å². The van der Waals surface area contributed by atoms with Gasteiger partial charge in [0, 0.05) is 12.6 Å². The van der Waals surface area contributed by atoms with Gasteiger partial charge < -0.3 is 24.8 Å². The number of carboxylic acids is 1. The number of fused-ring (bicyclic) bond motifs is 1. The third-order valence-electron chi connectivity index (χ3n) is 6.03. The van der Waals surface area contributed by atoms with Crippen molar-refractivity contribution in [2.75, 3.05) is 18.1 Å². The Bertz CT molecular complexity index is 1260. The van der Waals surface area contributed by atoms with E-state index in [0.717, 1.165) is 30.6 Å². The highest BCUT2D eigenvalue weighted by Gasteiger charge is 2.30. The molecular weight excluding hydrogens is 424 g/mol. The van der Waals surface area contributed by atoms with Crippen molar-refractivity contribution in [3.05, 3.63) is 34.9 Å². The maximum atomic E-state index is 11.5. The molecule has 0 radical (unpaired) electrons. The molecule has 0 spiro atoms. The first kappa shape index (κ1) is 22.8. The first-order valence-corrected chi connectivity index (χ1v) is 11.2. The van der Waals surface area contributed by atoms with Crippen molar-refractivity contribution in [2.24, 2.45) is 4.99 Å². The average molecular weight is 455 g/mol. The molecule has 1 unspecified atom stereocenters. The zero-order valence-corrected chi connectivity index (χ0v) is 19.3. The zero-order chi connectivity index (χ0) is 23.9. The molecule has 2 aromatic heterocycles. The van der Waals surface area contributed by atoms with Crippen LogP contribution in [0.5, 0.6) is 5.75 Å². The Morgan fingerprint density at radius 3 is 2.70 bits per heavy atom. The number of carbonyl (C=O) groups is 1. The fourth-order valence-electron chi connectivity index (χ4n) is 4.40. The van der Waals surface area contributed by atoms with Crippen molar-refractivity contribution in [2.45, 2.75) is 58.5 Å². The molecule has 0 bridgehead atoms. The van der Waals surface area contributed by atoms with Gasteiger partial charge >= 0.3 is 5.97 Å². The molecule has 4 N–H and O–H groups in total. The van der Waals surface area contributed by atoms with E-state index < -0.39 is 5.97 Å². The van der Waals surface area contributed by atoms with Crippen LogP contribution in [0, 0.1) is 0 Å². The van der Waals surface area contributed by atoms with Gasteiger partial charge in [0.15, 0.2) is 11.0 Å². The number of carboxylic acid groups (broad SMARTS) is 1.